The summed E-state index contributed by atoms with van der Waals surface area (Å²) in [6, 6.07) is 10.1. The molecule has 26 heavy (non-hydrogen) atoms. The molecule has 8 heteroatoms. The van der Waals surface area contributed by atoms with E-state index in [2.05, 4.69) is 4.72 Å². The Balaban J connectivity index is 2.00. The van der Waals surface area contributed by atoms with Gasteiger partial charge in [0, 0.05) is 12.6 Å². The Bertz CT molecular complexity index is 809. The van der Waals surface area contributed by atoms with Crippen LogP contribution in [-0.4, -0.2) is 34.8 Å². The first-order valence-corrected chi connectivity index (χ1v) is 9.72. The molecule has 0 unspecified atom stereocenters. The Hall–Kier alpha value is -2.32. The molecule has 0 atom stereocenters. The lowest BCUT2D eigenvalue weighted by atomic mass is 10.3. The van der Waals surface area contributed by atoms with Crippen molar-refractivity contribution in [2.24, 2.45) is 0 Å². The number of hydrogen-bond acceptors (Lipinski definition) is 5. The first-order valence-electron chi connectivity index (χ1n) is 8.24. The number of nitrogens with one attached hydrogen (secondary N) is 1. The fourth-order valence-electron chi connectivity index (χ4n) is 2.19. The molecule has 2 aromatic rings. The van der Waals surface area contributed by atoms with Gasteiger partial charge in [0.2, 0.25) is 10.0 Å². The molecule has 1 N–H and O–H groups in total. The highest BCUT2D eigenvalue weighted by atomic mass is 32.2. The van der Waals surface area contributed by atoms with E-state index in [4.69, 9.17) is 14.2 Å². The van der Waals surface area contributed by atoms with Crippen LogP contribution in [0.1, 0.15) is 13.8 Å². The van der Waals surface area contributed by atoms with Crippen LogP contribution in [0, 0.1) is 5.82 Å². The van der Waals surface area contributed by atoms with Crippen LogP contribution >= 0.6 is 0 Å². The van der Waals surface area contributed by atoms with Gasteiger partial charge in [0.1, 0.15) is 34.6 Å². The van der Waals surface area contributed by atoms with Gasteiger partial charge in [-0.25, -0.2) is 17.5 Å². The molecule has 6 nitrogen and oxygen atoms in total. The van der Waals surface area contributed by atoms with E-state index in [9.17, 15) is 12.8 Å². The molecule has 0 radical (unpaired) electrons. The molecular formula is C18H22FNO5S. The van der Waals surface area contributed by atoms with Crippen LogP contribution in [0.4, 0.5) is 4.39 Å². The topological polar surface area (TPSA) is 73.9 Å². The van der Waals surface area contributed by atoms with Crippen molar-refractivity contribution in [2.75, 3.05) is 26.4 Å². The van der Waals surface area contributed by atoms with Crippen LogP contribution in [0.25, 0.3) is 0 Å². The van der Waals surface area contributed by atoms with Crippen molar-refractivity contribution in [1.29, 1.82) is 0 Å². The highest BCUT2D eigenvalue weighted by Crippen LogP contribution is 2.28. The summed E-state index contributed by atoms with van der Waals surface area (Å²) in [5.41, 5.74) is 0. The van der Waals surface area contributed by atoms with Gasteiger partial charge in [-0.3, -0.25) is 0 Å². The maximum atomic E-state index is 12.8. The summed E-state index contributed by atoms with van der Waals surface area (Å²) in [6.07, 6.45) is 0. The third-order valence-electron chi connectivity index (χ3n) is 3.29. The van der Waals surface area contributed by atoms with E-state index in [1.54, 1.807) is 19.1 Å². The zero-order valence-corrected chi connectivity index (χ0v) is 15.5. The summed E-state index contributed by atoms with van der Waals surface area (Å²) < 4.78 is 56.5. The van der Waals surface area contributed by atoms with Crippen molar-refractivity contribution < 1.29 is 27.0 Å². The summed E-state index contributed by atoms with van der Waals surface area (Å²) in [4.78, 5) is 0.0320. The molecule has 0 aliphatic carbocycles. The largest absolute Gasteiger partial charge is 0.494 e. The fourth-order valence-corrected chi connectivity index (χ4v) is 3.33. The number of halogens is 1. The maximum absolute atomic E-state index is 12.8. The molecule has 0 fully saturated rings. The lowest BCUT2D eigenvalue weighted by molar-refractivity contribution is 0.315. The fraction of sp³-hybridized carbons (Fsp3) is 0.333. The van der Waals surface area contributed by atoms with Gasteiger partial charge >= 0.3 is 0 Å². The average molecular weight is 383 g/mol. The highest BCUT2D eigenvalue weighted by Gasteiger charge is 2.20. The summed E-state index contributed by atoms with van der Waals surface area (Å²) in [5.74, 6) is 0.860. The predicted octanol–water partition coefficient (Wildman–Crippen LogP) is 2.98. The SMILES string of the molecule is CCOc1ccc(S(=O)(=O)NCCOc2ccc(F)cc2)c(OCC)c1. The van der Waals surface area contributed by atoms with Gasteiger partial charge in [0.15, 0.2) is 0 Å². The molecule has 0 heterocycles. The van der Waals surface area contributed by atoms with Crippen LogP contribution in [0.15, 0.2) is 47.4 Å². The standard InChI is InChI=1S/C18H22FNO5S/c1-3-23-16-9-10-18(17(13-16)24-4-2)26(21,22)20-11-12-25-15-7-5-14(19)6-8-15/h5-10,13,20H,3-4,11-12H2,1-2H3. The minimum atomic E-state index is -3.78. The van der Waals surface area contributed by atoms with Crippen LogP contribution in [-0.2, 0) is 10.0 Å². The van der Waals surface area contributed by atoms with E-state index in [1.807, 2.05) is 6.92 Å². The van der Waals surface area contributed by atoms with Crippen LogP contribution in [0.3, 0.4) is 0 Å². The van der Waals surface area contributed by atoms with E-state index in [0.29, 0.717) is 24.7 Å². The quantitative estimate of drug-likeness (QED) is 0.639. The van der Waals surface area contributed by atoms with Crippen LogP contribution in [0.5, 0.6) is 17.2 Å². The van der Waals surface area contributed by atoms with Gasteiger partial charge in [0.05, 0.1) is 13.2 Å². The Morgan fingerprint density at radius 3 is 2.23 bits per heavy atom. The van der Waals surface area contributed by atoms with E-state index < -0.39 is 10.0 Å². The molecule has 2 aromatic carbocycles. The first kappa shape index (κ1) is 20.0. The summed E-state index contributed by atoms with van der Waals surface area (Å²) >= 11 is 0. The maximum Gasteiger partial charge on any atom is 0.244 e. The second-order valence-electron chi connectivity index (χ2n) is 5.17. The minimum Gasteiger partial charge on any atom is -0.494 e. The monoisotopic (exact) mass is 383 g/mol. The second kappa shape index (κ2) is 9.40. The zero-order chi connectivity index (χ0) is 19.0. The van der Waals surface area contributed by atoms with Gasteiger partial charge in [-0.1, -0.05) is 0 Å². The minimum absolute atomic E-state index is 0.0320. The number of rotatable bonds is 10. The Kier molecular flexibility index (Phi) is 7.23. The Labute approximate surface area is 152 Å². The second-order valence-corrected chi connectivity index (χ2v) is 6.91. The molecule has 0 amide bonds. The van der Waals surface area contributed by atoms with Crippen molar-refractivity contribution in [3.63, 3.8) is 0 Å². The molecule has 0 bridgehead atoms. The van der Waals surface area contributed by atoms with Gasteiger partial charge in [-0.15, -0.1) is 0 Å². The van der Waals surface area contributed by atoms with Crippen molar-refractivity contribution >= 4 is 10.0 Å². The lowest BCUT2D eigenvalue weighted by Crippen LogP contribution is -2.28. The number of benzene rings is 2. The molecule has 142 valence electrons. The molecular weight excluding hydrogens is 361 g/mol. The summed E-state index contributed by atoms with van der Waals surface area (Å²) in [6.45, 7) is 4.56. The average Bonchev–Trinajstić information content (AvgIpc) is 2.61. The summed E-state index contributed by atoms with van der Waals surface area (Å²) in [7, 11) is -3.78. The zero-order valence-electron chi connectivity index (χ0n) is 14.7. The van der Waals surface area contributed by atoms with Crippen molar-refractivity contribution in [3.05, 3.63) is 48.3 Å². The normalized spacial score (nSPS) is 11.2. The van der Waals surface area contributed by atoms with E-state index in [-0.39, 0.29) is 29.6 Å². The van der Waals surface area contributed by atoms with E-state index in [0.717, 1.165) is 0 Å². The van der Waals surface area contributed by atoms with E-state index in [1.165, 1.54) is 30.3 Å². The molecule has 0 spiro atoms. The Morgan fingerprint density at radius 2 is 1.58 bits per heavy atom. The third kappa shape index (κ3) is 5.60. The number of ether oxygens (including phenoxy) is 3. The number of sulfonamides is 1. The van der Waals surface area contributed by atoms with Crippen molar-refractivity contribution in [2.45, 2.75) is 18.7 Å². The van der Waals surface area contributed by atoms with Gasteiger partial charge < -0.3 is 14.2 Å². The highest BCUT2D eigenvalue weighted by molar-refractivity contribution is 7.89. The third-order valence-corrected chi connectivity index (χ3v) is 4.79. The van der Waals surface area contributed by atoms with Crippen molar-refractivity contribution in [1.82, 2.24) is 4.72 Å². The van der Waals surface area contributed by atoms with Crippen LogP contribution in [0.2, 0.25) is 0 Å². The number of hydrogen-bond donors (Lipinski definition) is 1. The smallest absolute Gasteiger partial charge is 0.244 e. The molecule has 0 aliphatic heterocycles. The van der Waals surface area contributed by atoms with Crippen LogP contribution < -0.4 is 18.9 Å². The lowest BCUT2D eigenvalue weighted by Gasteiger charge is -2.14. The molecule has 0 saturated carbocycles. The van der Waals surface area contributed by atoms with Crippen molar-refractivity contribution in [3.8, 4) is 17.2 Å². The molecule has 2 rings (SSSR count). The summed E-state index contributed by atoms with van der Waals surface area (Å²) in [5, 5.41) is 0. The van der Waals surface area contributed by atoms with E-state index >= 15 is 0 Å². The van der Waals surface area contributed by atoms with Gasteiger partial charge in [-0.2, -0.15) is 0 Å². The predicted molar refractivity (Wildman–Crippen MR) is 95.9 cm³/mol. The molecule has 0 aliphatic rings. The molecule has 0 aromatic heterocycles. The van der Waals surface area contributed by atoms with Gasteiger partial charge in [0.25, 0.3) is 0 Å². The Morgan fingerprint density at radius 1 is 0.923 bits per heavy atom. The first-order chi connectivity index (χ1) is 12.5. The van der Waals surface area contributed by atoms with Gasteiger partial charge in [-0.05, 0) is 50.2 Å². The molecule has 0 saturated heterocycles.